The standard InChI is InChI=1S/C21H38O5/c1-3-4-5-12-15-19(23)16-13-10-8-6-7-9-11-14-17-20(24)26-21(25)18(2)22/h10,13,18-19,22-23H,3-9,11-12,14-17H2,1-2H3/b13-10-/t18?,19-/m1/s1. The second kappa shape index (κ2) is 17.2. The molecule has 26 heavy (non-hydrogen) atoms. The molecule has 0 aliphatic heterocycles. The molecule has 0 radical (unpaired) electrons. The van der Waals surface area contributed by atoms with Crippen LogP contribution in [-0.4, -0.2) is 34.4 Å². The zero-order valence-electron chi connectivity index (χ0n) is 16.6. The zero-order chi connectivity index (χ0) is 19.6. The van der Waals surface area contributed by atoms with E-state index < -0.39 is 18.0 Å². The molecule has 5 nitrogen and oxygen atoms in total. The molecule has 0 rings (SSSR count). The van der Waals surface area contributed by atoms with Crippen molar-refractivity contribution in [2.75, 3.05) is 0 Å². The van der Waals surface area contributed by atoms with Crippen molar-refractivity contribution < 1.29 is 24.5 Å². The Balaban J connectivity index is 3.42. The van der Waals surface area contributed by atoms with Crippen molar-refractivity contribution in [3.05, 3.63) is 12.2 Å². The number of rotatable bonds is 16. The number of aliphatic hydroxyl groups excluding tert-OH is 2. The SMILES string of the molecule is CCCCCC[C@@H](O)C/C=C\CCCCCCCC(=O)OC(=O)C(C)O. The molecule has 0 aromatic carbocycles. The molecule has 0 fully saturated rings. The molecule has 0 aromatic rings. The minimum atomic E-state index is -1.26. The fourth-order valence-electron chi connectivity index (χ4n) is 2.61. The molecule has 0 bridgehead atoms. The summed E-state index contributed by atoms with van der Waals surface area (Å²) in [5.74, 6) is -1.44. The molecule has 0 aromatic heterocycles. The van der Waals surface area contributed by atoms with Crippen LogP contribution in [0, 0.1) is 0 Å². The highest BCUT2D eigenvalue weighted by Gasteiger charge is 2.14. The topological polar surface area (TPSA) is 83.8 Å². The van der Waals surface area contributed by atoms with Crippen molar-refractivity contribution in [3.63, 3.8) is 0 Å². The molecule has 152 valence electrons. The maximum atomic E-state index is 11.3. The molecular weight excluding hydrogens is 332 g/mol. The van der Waals surface area contributed by atoms with Gasteiger partial charge in [0.15, 0.2) is 0 Å². The van der Waals surface area contributed by atoms with E-state index in [0.717, 1.165) is 51.4 Å². The Morgan fingerprint density at radius 2 is 1.58 bits per heavy atom. The van der Waals surface area contributed by atoms with E-state index in [1.807, 2.05) is 0 Å². The molecule has 0 saturated heterocycles. The van der Waals surface area contributed by atoms with Crippen LogP contribution in [0.15, 0.2) is 12.2 Å². The van der Waals surface area contributed by atoms with Gasteiger partial charge in [-0.3, -0.25) is 4.79 Å². The van der Waals surface area contributed by atoms with Gasteiger partial charge in [0, 0.05) is 6.42 Å². The number of hydrogen-bond acceptors (Lipinski definition) is 5. The van der Waals surface area contributed by atoms with Crippen LogP contribution in [0.25, 0.3) is 0 Å². The summed E-state index contributed by atoms with van der Waals surface area (Å²) in [7, 11) is 0. The molecule has 0 amide bonds. The first-order valence-electron chi connectivity index (χ1n) is 10.2. The average molecular weight is 371 g/mol. The third kappa shape index (κ3) is 16.3. The monoisotopic (exact) mass is 370 g/mol. The summed E-state index contributed by atoms with van der Waals surface area (Å²) >= 11 is 0. The van der Waals surface area contributed by atoms with Gasteiger partial charge >= 0.3 is 11.9 Å². The summed E-state index contributed by atoms with van der Waals surface area (Å²) < 4.78 is 4.48. The Hall–Kier alpha value is -1.20. The molecule has 0 saturated carbocycles. The van der Waals surface area contributed by atoms with E-state index in [4.69, 9.17) is 5.11 Å². The van der Waals surface area contributed by atoms with Crippen LogP contribution in [0.5, 0.6) is 0 Å². The van der Waals surface area contributed by atoms with Gasteiger partial charge in [-0.05, 0) is 39.0 Å². The number of esters is 2. The van der Waals surface area contributed by atoms with Crippen LogP contribution in [0.4, 0.5) is 0 Å². The lowest BCUT2D eigenvalue weighted by molar-refractivity contribution is -0.165. The number of ether oxygens (including phenoxy) is 1. The maximum Gasteiger partial charge on any atom is 0.342 e. The molecule has 5 heteroatoms. The first-order chi connectivity index (χ1) is 12.5. The lowest BCUT2D eigenvalue weighted by Crippen LogP contribution is -2.22. The predicted octanol–water partition coefficient (Wildman–Crippen LogP) is 4.45. The number of hydrogen-bond donors (Lipinski definition) is 2. The highest BCUT2D eigenvalue weighted by atomic mass is 16.6. The van der Waals surface area contributed by atoms with Crippen molar-refractivity contribution in [2.24, 2.45) is 0 Å². The first-order valence-corrected chi connectivity index (χ1v) is 10.2. The third-order valence-electron chi connectivity index (χ3n) is 4.27. The quantitative estimate of drug-likeness (QED) is 0.181. The van der Waals surface area contributed by atoms with E-state index >= 15 is 0 Å². The van der Waals surface area contributed by atoms with E-state index in [-0.39, 0.29) is 12.5 Å². The average Bonchev–Trinajstić information content (AvgIpc) is 2.60. The van der Waals surface area contributed by atoms with E-state index in [1.54, 1.807) is 0 Å². The Labute approximate surface area is 158 Å². The van der Waals surface area contributed by atoms with Crippen LogP contribution in [-0.2, 0) is 14.3 Å². The number of unbranched alkanes of at least 4 members (excludes halogenated alkanes) is 8. The van der Waals surface area contributed by atoms with Crippen LogP contribution < -0.4 is 0 Å². The molecule has 2 atom stereocenters. The van der Waals surface area contributed by atoms with E-state index in [1.165, 1.54) is 26.2 Å². The van der Waals surface area contributed by atoms with Gasteiger partial charge in [-0.1, -0.05) is 64.0 Å². The van der Waals surface area contributed by atoms with Crippen molar-refractivity contribution in [1.82, 2.24) is 0 Å². The van der Waals surface area contributed by atoms with Crippen LogP contribution >= 0.6 is 0 Å². The largest absolute Gasteiger partial charge is 0.393 e. The molecule has 0 aliphatic carbocycles. The van der Waals surface area contributed by atoms with Crippen molar-refractivity contribution in [1.29, 1.82) is 0 Å². The fourth-order valence-corrected chi connectivity index (χ4v) is 2.61. The van der Waals surface area contributed by atoms with Crippen LogP contribution in [0.2, 0.25) is 0 Å². The lowest BCUT2D eigenvalue weighted by atomic mass is 10.1. The molecule has 2 N–H and O–H groups in total. The summed E-state index contributed by atoms with van der Waals surface area (Å²) in [4.78, 5) is 22.4. The van der Waals surface area contributed by atoms with E-state index in [2.05, 4.69) is 23.8 Å². The number of allylic oxidation sites excluding steroid dienone is 1. The van der Waals surface area contributed by atoms with Gasteiger partial charge in [-0.2, -0.15) is 0 Å². The molecule has 0 aliphatic rings. The summed E-state index contributed by atoms with van der Waals surface area (Å²) in [6, 6.07) is 0. The summed E-state index contributed by atoms with van der Waals surface area (Å²) in [6.45, 7) is 3.47. The number of carbonyl (C=O) groups excluding carboxylic acids is 2. The third-order valence-corrected chi connectivity index (χ3v) is 4.27. The summed E-state index contributed by atoms with van der Waals surface area (Å²) in [6.07, 6.45) is 15.3. The molecule has 1 unspecified atom stereocenters. The van der Waals surface area contributed by atoms with Gasteiger partial charge in [-0.15, -0.1) is 0 Å². The lowest BCUT2D eigenvalue weighted by Gasteiger charge is -2.07. The van der Waals surface area contributed by atoms with Crippen molar-refractivity contribution in [3.8, 4) is 0 Å². The van der Waals surface area contributed by atoms with Gasteiger partial charge in [0.1, 0.15) is 6.10 Å². The normalized spacial score (nSPS) is 13.7. The number of carbonyl (C=O) groups is 2. The van der Waals surface area contributed by atoms with Crippen LogP contribution in [0.1, 0.15) is 97.3 Å². The smallest absolute Gasteiger partial charge is 0.342 e. The fraction of sp³-hybridized carbons (Fsp3) is 0.810. The Morgan fingerprint density at radius 3 is 2.27 bits per heavy atom. The minimum Gasteiger partial charge on any atom is -0.393 e. The maximum absolute atomic E-state index is 11.3. The minimum absolute atomic E-state index is 0.205. The summed E-state index contributed by atoms with van der Waals surface area (Å²) in [5.41, 5.74) is 0. The molecular formula is C21H38O5. The highest BCUT2D eigenvalue weighted by molar-refractivity contribution is 5.87. The first kappa shape index (κ1) is 24.8. The second-order valence-electron chi connectivity index (χ2n) is 6.99. The van der Waals surface area contributed by atoms with Gasteiger partial charge < -0.3 is 14.9 Å². The van der Waals surface area contributed by atoms with E-state index in [0.29, 0.717) is 6.42 Å². The summed E-state index contributed by atoms with van der Waals surface area (Å²) in [5, 5.41) is 18.8. The van der Waals surface area contributed by atoms with Gasteiger partial charge in [0.2, 0.25) is 0 Å². The highest BCUT2D eigenvalue weighted by Crippen LogP contribution is 2.10. The Bertz CT molecular complexity index is 390. The van der Waals surface area contributed by atoms with E-state index in [9.17, 15) is 14.7 Å². The van der Waals surface area contributed by atoms with Crippen molar-refractivity contribution in [2.45, 2.75) is 110 Å². The van der Waals surface area contributed by atoms with Gasteiger partial charge in [0.05, 0.1) is 6.10 Å². The Kier molecular flexibility index (Phi) is 16.4. The Morgan fingerprint density at radius 1 is 0.923 bits per heavy atom. The van der Waals surface area contributed by atoms with Gasteiger partial charge in [-0.25, -0.2) is 4.79 Å². The predicted molar refractivity (Wildman–Crippen MR) is 104 cm³/mol. The zero-order valence-corrected chi connectivity index (χ0v) is 16.6. The molecule has 0 spiro atoms. The molecule has 0 heterocycles. The van der Waals surface area contributed by atoms with Crippen molar-refractivity contribution >= 4 is 11.9 Å². The van der Waals surface area contributed by atoms with Crippen LogP contribution in [0.3, 0.4) is 0 Å². The van der Waals surface area contributed by atoms with Gasteiger partial charge in [0.25, 0.3) is 0 Å². The second-order valence-corrected chi connectivity index (χ2v) is 6.99. The number of aliphatic hydroxyl groups is 2.